The van der Waals surface area contributed by atoms with Gasteiger partial charge in [0.2, 0.25) is 5.82 Å². The molecule has 2 rings (SSSR count). The summed E-state index contributed by atoms with van der Waals surface area (Å²) >= 11 is 0. The standard InChI is InChI=1S/C15H10F6O/c1-2-22-12-6-4-9(13(17)14(12)18)8-3-5-10(11(16)7-8)15(19,20)21/h3-7H,2H2,1H3. The highest BCUT2D eigenvalue weighted by atomic mass is 19.4. The van der Waals surface area contributed by atoms with Crippen LogP contribution in [0, 0.1) is 17.5 Å². The topological polar surface area (TPSA) is 9.23 Å². The van der Waals surface area contributed by atoms with Crippen LogP contribution in [0.1, 0.15) is 12.5 Å². The molecule has 0 aromatic heterocycles. The van der Waals surface area contributed by atoms with Crippen LogP contribution < -0.4 is 4.74 Å². The second-order valence-electron chi connectivity index (χ2n) is 4.36. The van der Waals surface area contributed by atoms with Crippen molar-refractivity contribution in [2.24, 2.45) is 0 Å². The fraction of sp³-hybridized carbons (Fsp3) is 0.200. The Balaban J connectivity index is 2.49. The van der Waals surface area contributed by atoms with Gasteiger partial charge in [0.05, 0.1) is 12.2 Å². The fourth-order valence-electron chi connectivity index (χ4n) is 1.93. The van der Waals surface area contributed by atoms with E-state index in [1.165, 1.54) is 0 Å². The van der Waals surface area contributed by atoms with Gasteiger partial charge in [0.15, 0.2) is 11.6 Å². The monoisotopic (exact) mass is 320 g/mol. The zero-order chi connectivity index (χ0) is 16.5. The molecular weight excluding hydrogens is 310 g/mol. The molecule has 7 heteroatoms. The van der Waals surface area contributed by atoms with Crippen LogP contribution in [-0.4, -0.2) is 6.61 Å². The Morgan fingerprint density at radius 2 is 1.64 bits per heavy atom. The minimum Gasteiger partial charge on any atom is -0.491 e. The normalized spacial score (nSPS) is 11.6. The van der Waals surface area contributed by atoms with Gasteiger partial charge in [-0.3, -0.25) is 0 Å². The molecular formula is C15H10F6O. The van der Waals surface area contributed by atoms with E-state index in [2.05, 4.69) is 0 Å². The highest BCUT2D eigenvalue weighted by Gasteiger charge is 2.34. The molecule has 0 bridgehead atoms. The van der Waals surface area contributed by atoms with Crippen molar-refractivity contribution in [3.63, 3.8) is 0 Å². The zero-order valence-electron chi connectivity index (χ0n) is 11.3. The maximum absolute atomic E-state index is 13.9. The van der Waals surface area contributed by atoms with Crippen molar-refractivity contribution in [2.75, 3.05) is 6.61 Å². The van der Waals surface area contributed by atoms with E-state index in [1.807, 2.05) is 0 Å². The van der Waals surface area contributed by atoms with Gasteiger partial charge in [-0.1, -0.05) is 6.07 Å². The molecule has 0 N–H and O–H groups in total. The molecule has 0 fully saturated rings. The Kier molecular flexibility index (Phi) is 4.35. The molecule has 0 atom stereocenters. The number of hydrogen-bond donors (Lipinski definition) is 0. The van der Waals surface area contributed by atoms with Gasteiger partial charge in [0, 0.05) is 5.56 Å². The summed E-state index contributed by atoms with van der Waals surface area (Å²) in [5.41, 5.74) is -2.03. The Morgan fingerprint density at radius 3 is 2.18 bits per heavy atom. The van der Waals surface area contributed by atoms with Crippen molar-refractivity contribution in [2.45, 2.75) is 13.1 Å². The predicted octanol–water partition coefficient (Wildman–Crippen LogP) is 5.19. The lowest BCUT2D eigenvalue weighted by Gasteiger charge is -2.11. The summed E-state index contributed by atoms with van der Waals surface area (Å²) < 4.78 is 83.4. The van der Waals surface area contributed by atoms with Crippen LogP contribution in [0.4, 0.5) is 26.3 Å². The molecule has 0 saturated carbocycles. The highest BCUT2D eigenvalue weighted by molar-refractivity contribution is 5.66. The first-order valence-corrected chi connectivity index (χ1v) is 6.23. The summed E-state index contributed by atoms with van der Waals surface area (Å²) in [4.78, 5) is 0. The number of hydrogen-bond acceptors (Lipinski definition) is 1. The van der Waals surface area contributed by atoms with E-state index in [9.17, 15) is 26.3 Å². The number of alkyl halides is 3. The number of rotatable bonds is 3. The van der Waals surface area contributed by atoms with E-state index < -0.39 is 29.2 Å². The molecule has 0 saturated heterocycles. The first kappa shape index (κ1) is 16.2. The van der Waals surface area contributed by atoms with Gasteiger partial charge in [-0.2, -0.15) is 17.6 Å². The molecule has 22 heavy (non-hydrogen) atoms. The predicted molar refractivity (Wildman–Crippen MR) is 67.9 cm³/mol. The summed E-state index contributed by atoms with van der Waals surface area (Å²) in [5.74, 6) is -4.47. The number of halogens is 6. The van der Waals surface area contributed by atoms with Gasteiger partial charge in [0.25, 0.3) is 0 Å². The lowest BCUT2D eigenvalue weighted by molar-refractivity contribution is -0.139. The quantitative estimate of drug-likeness (QED) is 0.707. The summed E-state index contributed by atoms with van der Waals surface area (Å²) in [6.07, 6.45) is -4.86. The second-order valence-corrected chi connectivity index (χ2v) is 4.36. The molecule has 0 aliphatic rings. The zero-order valence-corrected chi connectivity index (χ0v) is 11.3. The lowest BCUT2D eigenvalue weighted by Crippen LogP contribution is -2.08. The van der Waals surface area contributed by atoms with Crippen LogP contribution in [0.15, 0.2) is 30.3 Å². The molecule has 2 aromatic carbocycles. The average Bonchev–Trinajstić information content (AvgIpc) is 2.43. The molecule has 1 nitrogen and oxygen atoms in total. The fourth-order valence-corrected chi connectivity index (χ4v) is 1.93. The molecule has 0 amide bonds. The summed E-state index contributed by atoms with van der Waals surface area (Å²) in [6.45, 7) is 1.70. The van der Waals surface area contributed by atoms with Crippen molar-refractivity contribution in [3.05, 3.63) is 53.3 Å². The van der Waals surface area contributed by atoms with Crippen molar-refractivity contribution >= 4 is 0 Å². The van der Waals surface area contributed by atoms with E-state index in [1.54, 1.807) is 6.92 Å². The molecule has 0 spiro atoms. The van der Waals surface area contributed by atoms with Crippen LogP contribution in [0.25, 0.3) is 11.1 Å². The lowest BCUT2D eigenvalue weighted by atomic mass is 10.0. The van der Waals surface area contributed by atoms with Crippen LogP contribution >= 0.6 is 0 Å². The van der Waals surface area contributed by atoms with E-state index in [0.29, 0.717) is 12.1 Å². The second kappa shape index (κ2) is 5.90. The molecule has 0 radical (unpaired) electrons. The van der Waals surface area contributed by atoms with Crippen molar-refractivity contribution in [3.8, 4) is 16.9 Å². The van der Waals surface area contributed by atoms with Crippen molar-refractivity contribution in [1.29, 1.82) is 0 Å². The largest absolute Gasteiger partial charge is 0.491 e. The van der Waals surface area contributed by atoms with E-state index in [4.69, 9.17) is 4.74 Å². The molecule has 0 heterocycles. The minimum atomic E-state index is -4.86. The van der Waals surface area contributed by atoms with Gasteiger partial charge >= 0.3 is 6.18 Å². The maximum Gasteiger partial charge on any atom is 0.419 e. The van der Waals surface area contributed by atoms with E-state index in [-0.39, 0.29) is 23.5 Å². The molecule has 118 valence electrons. The van der Waals surface area contributed by atoms with Gasteiger partial charge in [-0.05, 0) is 36.8 Å². The van der Waals surface area contributed by atoms with Crippen LogP contribution in [0.5, 0.6) is 5.75 Å². The third-order valence-corrected chi connectivity index (χ3v) is 2.93. The summed E-state index contributed by atoms with van der Waals surface area (Å²) in [5, 5.41) is 0. The highest BCUT2D eigenvalue weighted by Crippen LogP contribution is 2.35. The summed E-state index contributed by atoms with van der Waals surface area (Å²) in [6, 6.07) is 4.13. The first-order chi connectivity index (χ1) is 10.3. The van der Waals surface area contributed by atoms with Crippen LogP contribution in [-0.2, 0) is 6.18 Å². The third-order valence-electron chi connectivity index (χ3n) is 2.93. The molecule has 0 unspecified atom stereocenters. The smallest absolute Gasteiger partial charge is 0.419 e. The van der Waals surface area contributed by atoms with Gasteiger partial charge in [-0.15, -0.1) is 0 Å². The Bertz CT molecular complexity index is 693. The van der Waals surface area contributed by atoms with E-state index in [0.717, 1.165) is 18.2 Å². The van der Waals surface area contributed by atoms with Crippen molar-refractivity contribution < 1.29 is 31.1 Å². The SMILES string of the molecule is CCOc1ccc(-c2ccc(C(F)(F)F)c(F)c2)c(F)c1F. The van der Waals surface area contributed by atoms with Gasteiger partial charge < -0.3 is 4.74 Å². The number of ether oxygens (including phenoxy) is 1. The summed E-state index contributed by atoms with van der Waals surface area (Å²) in [7, 11) is 0. The molecule has 2 aromatic rings. The Morgan fingerprint density at radius 1 is 0.955 bits per heavy atom. The Hall–Kier alpha value is -2.18. The van der Waals surface area contributed by atoms with Crippen molar-refractivity contribution in [1.82, 2.24) is 0 Å². The van der Waals surface area contributed by atoms with E-state index >= 15 is 0 Å². The van der Waals surface area contributed by atoms with Crippen LogP contribution in [0.3, 0.4) is 0 Å². The Labute approximate surface area is 122 Å². The third kappa shape index (κ3) is 3.03. The van der Waals surface area contributed by atoms with Gasteiger partial charge in [0.1, 0.15) is 5.82 Å². The van der Waals surface area contributed by atoms with Crippen LogP contribution in [0.2, 0.25) is 0 Å². The number of benzene rings is 2. The van der Waals surface area contributed by atoms with Gasteiger partial charge in [-0.25, -0.2) is 8.78 Å². The average molecular weight is 320 g/mol. The minimum absolute atomic E-state index is 0.116. The maximum atomic E-state index is 13.9. The first-order valence-electron chi connectivity index (χ1n) is 6.23. The molecule has 0 aliphatic carbocycles. The molecule has 0 aliphatic heterocycles.